The highest BCUT2D eigenvalue weighted by molar-refractivity contribution is 6.30. The predicted molar refractivity (Wildman–Crippen MR) is 89.3 cm³/mol. The van der Waals surface area contributed by atoms with E-state index in [4.69, 9.17) is 16.6 Å². The van der Waals surface area contributed by atoms with E-state index >= 15 is 0 Å². The van der Waals surface area contributed by atoms with Crippen LogP contribution in [0.4, 0.5) is 0 Å². The lowest BCUT2D eigenvalue weighted by Crippen LogP contribution is -2.04. The lowest BCUT2D eigenvalue weighted by Gasteiger charge is -2.14. The van der Waals surface area contributed by atoms with Crippen molar-refractivity contribution in [3.63, 3.8) is 0 Å². The zero-order valence-electron chi connectivity index (χ0n) is 12.8. The maximum atomic E-state index is 10.0. The summed E-state index contributed by atoms with van der Waals surface area (Å²) < 4.78 is 1.89. The number of aliphatic hydroxyl groups excluding tert-OH is 1. The van der Waals surface area contributed by atoms with Crippen molar-refractivity contribution in [3.8, 4) is 11.1 Å². The van der Waals surface area contributed by atoms with E-state index in [1.165, 1.54) is 0 Å². The van der Waals surface area contributed by atoms with Gasteiger partial charge in [0.05, 0.1) is 23.5 Å². The van der Waals surface area contributed by atoms with Gasteiger partial charge < -0.3 is 5.11 Å². The first-order valence-corrected chi connectivity index (χ1v) is 8.20. The van der Waals surface area contributed by atoms with Gasteiger partial charge in [0.1, 0.15) is 0 Å². The second-order valence-electron chi connectivity index (χ2n) is 5.87. The monoisotopic (exact) mass is 328 g/mol. The Morgan fingerprint density at radius 1 is 1.30 bits per heavy atom. The molecule has 1 N–H and O–H groups in total. The molecule has 3 aromatic heterocycles. The highest BCUT2D eigenvalue weighted by Gasteiger charge is 2.30. The number of pyridine rings is 2. The van der Waals surface area contributed by atoms with Gasteiger partial charge in [0.2, 0.25) is 0 Å². The van der Waals surface area contributed by atoms with Crippen molar-refractivity contribution in [2.45, 2.75) is 38.8 Å². The Morgan fingerprint density at radius 3 is 2.78 bits per heavy atom. The first-order chi connectivity index (χ1) is 11.2. The molecular weight excluding hydrogens is 312 g/mol. The predicted octanol–water partition coefficient (Wildman–Crippen LogP) is 3.54. The molecule has 3 heterocycles. The molecule has 0 radical (unpaired) electrons. The summed E-state index contributed by atoms with van der Waals surface area (Å²) in [6.07, 6.45) is 7.45. The van der Waals surface area contributed by atoms with Gasteiger partial charge in [0.15, 0.2) is 5.65 Å². The number of fused-ring (bicyclic) bond motifs is 1. The van der Waals surface area contributed by atoms with Gasteiger partial charge in [-0.15, -0.1) is 0 Å². The molecule has 1 saturated carbocycles. The highest BCUT2D eigenvalue weighted by atomic mass is 35.5. The lowest BCUT2D eigenvalue weighted by atomic mass is 9.96. The highest BCUT2D eigenvalue weighted by Crippen LogP contribution is 2.44. The third-order valence-electron chi connectivity index (χ3n) is 4.33. The fourth-order valence-corrected chi connectivity index (χ4v) is 3.28. The van der Waals surface area contributed by atoms with Gasteiger partial charge >= 0.3 is 0 Å². The fraction of sp³-hybridized carbons (Fsp3) is 0.353. The van der Waals surface area contributed by atoms with Crippen LogP contribution < -0.4 is 0 Å². The average Bonchev–Trinajstić information content (AvgIpc) is 3.33. The zero-order chi connectivity index (χ0) is 16.0. The Bertz CT molecular complexity index is 886. The van der Waals surface area contributed by atoms with Crippen molar-refractivity contribution in [1.82, 2.24) is 19.7 Å². The smallest absolute Gasteiger partial charge is 0.158 e. The summed E-state index contributed by atoms with van der Waals surface area (Å²) in [5.74, 6) is 0.438. The summed E-state index contributed by atoms with van der Waals surface area (Å²) in [6, 6.07) is 1.88. The maximum absolute atomic E-state index is 10.0. The van der Waals surface area contributed by atoms with Crippen LogP contribution in [0.3, 0.4) is 0 Å². The van der Waals surface area contributed by atoms with E-state index in [-0.39, 0.29) is 6.61 Å². The molecule has 0 atom stereocenters. The normalized spacial score (nSPS) is 14.6. The minimum absolute atomic E-state index is 0.0477. The molecule has 5 nitrogen and oxygen atoms in total. The van der Waals surface area contributed by atoms with Gasteiger partial charge in [-0.25, -0.2) is 9.67 Å². The van der Waals surface area contributed by atoms with E-state index in [1.807, 2.05) is 23.9 Å². The molecule has 0 aliphatic heterocycles. The zero-order valence-corrected chi connectivity index (χ0v) is 13.6. The third-order valence-corrected chi connectivity index (χ3v) is 4.54. The molecular formula is C17H17ClN4O. The molecule has 6 heteroatoms. The lowest BCUT2D eigenvalue weighted by molar-refractivity contribution is 0.280. The largest absolute Gasteiger partial charge is 0.392 e. The standard InChI is InChI=1S/C17H17ClN4O/c1-2-22-17-13(8-20-22)15(11-5-12(18)7-19-6-11)14(9-23)16(21-17)10-3-4-10/h5-8,10,23H,2-4,9H2,1H3. The van der Waals surface area contributed by atoms with Crippen LogP contribution in [0.15, 0.2) is 24.7 Å². The maximum Gasteiger partial charge on any atom is 0.158 e. The van der Waals surface area contributed by atoms with Crippen LogP contribution in [0.25, 0.3) is 22.2 Å². The summed E-state index contributed by atoms with van der Waals surface area (Å²) in [7, 11) is 0. The Kier molecular flexibility index (Phi) is 3.54. The summed E-state index contributed by atoms with van der Waals surface area (Å²) in [6.45, 7) is 2.76. The van der Waals surface area contributed by atoms with Crippen LogP contribution in [0, 0.1) is 0 Å². The Labute approximate surface area is 138 Å². The molecule has 3 aromatic rings. The number of aromatic nitrogens is 4. The van der Waals surface area contributed by atoms with E-state index in [2.05, 4.69) is 10.1 Å². The van der Waals surface area contributed by atoms with Gasteiger partial charge in [0.25, 0.3) is 0 Å². The van der Waals surface area contributed by atoms with Crippen LogP contribution in [0.5, 0.6) is 0 Å². The van der Waals surface area contributed by atoms with Crippen LogP contribution >= 0.6 is 11.6 Å². The number of hydrogen-bond donors (Lipinski definition) is 1. The summed E-state index contributed by atoms with van der Waals surface area (Å²) >= 11 is 6.13. The minimum atomic E-state index is -0.0477. The molecule has 0 spiro atoms. The number of aryl methyl sites for hydroxylation is 1. The molecule has 1 aliphatic rings. The Hall–Kier alpha value is -1.98. The van der Waals surface area contributed by atoms with Gasteiger partial charge in [-0.05, 0) is 25.8 Å². The molecule has 1 fully saturated rings. The molecule has 0 saturated heterocycles. The van der Waals surface area contributed by atoms with Gasteiger partial charge in [-0.1, -0.05) is 11.6 Å². The van der Waals surface area contributed by atoms with E-state index in [1.54, 1.807) is 12.4 Å². The van der Waals surface area contributed by atoms with Crippen molar-refractivity contribution >= 4 is 22.6 Å². The van der Waals surface area contributed by atoms with Gasteiger partial charge in [-0.3, -0.25) is 4.98 Å². The SMILES string of the molecule is CCn1ncc2c(-c3cncc(Cl)c3)c(CO)c(C3CC3)nc21. The molecule has 1 aliphatic carbocycles. The number of rotatable bonds is 4. The van der Waals surface area contributed by atoms with Crippen molar-refractivity contribution in [1.29, 1.82) is 0 Å². The molecule has 0 unspecified atom stereocenters. The number of aliphatic hydroxyl groups is 1. The number of nitrogens with zero attached hydrogens (tertiary/aromatic N) is 4. The first kappa shape index (κ1) is 14.6. The minimum Gasteiger partial charge on any atom is -0.392 e. The summed E-state index contributed by atoms with van der Waals surface area (Å²) in [5.41, 5.74) is 4.58. The summed E-state index contributed by atoms with van der Waals surface area (Å²) in [5, 5.41) is 16.0. The van der Waals surface area contributed by atoms with Crippen LogP contribution in [0.2, 0.25) is 5.02 Å². The molecule has 4 rings (SSSR count). The van der Waals surface area contributed by atoms with Crippen molar-refractivity contribution in [2.24, 2.45) is 0 Å². The fourth-order valence-electron chi connectivity index (χ4n) is 3.11. The van der Waals surface area contributed by atoms with Crippen LogP contribution in [-0.2, 0) is 13.2 Å². The van der Waals surface area contributed by atoms with Gasteiger partial charge in [-0.2, -0.15) is 5.10 Å². The van der Waals surface area contributed by atoms with E-state index in [0.29, 0.717) is 10.9 Å². The van der Waals surface area contributed by atoms with E-state index in [0.717, 1.165) is 52.8 Å². The molecule has 0 amide bonds. The van der Waals surface area contributed by atoms with Crippen LogP contribution in [-0.4, -0.2) is 24.9 Å². The number of hydrogen-bond acceptors (Lipinski definition) is 4. The number of halogens is 1. The molecule has 0 aromatic carbocycles. The van der Waals surface area contributed by atoms with E-state index in [9.17, 15) is 5.11 Å². The first-order valence-electron chi connectivity index (χ1n) is 7.83. The Balaban J connectivity index is 2.08. The van der Waals surface area contributed by atoms with Crippen LogP contribution in [0.1, 0.15) is 36.9 Å². The topological polar surface area (TPSA) is 63.8 Å². The Morgan fingerprint density at radius 2 is 2.13 bits per heavy atom. The van der Waals surface area contributed by atoms with Crippen molar-refractivity contribution in [3.05, 3.63) is 40.9 Å². The third kappa shape index (κ3) is 2.40. The molecule has 118 valence electrons. The molecule has 0 bridgehead atoms. The molecule has 23 heavy (non-hydrogen) atoms. The van der Waals surface area contributed by atoms with Crippen molar-refractivity contribution < 1.29 is 5.11 Å². The average molecular weight is 329 g/mol. The van der Waals surface area contributed by atoms with E-state index < -0.39 is 0 Å². The summed E-state index contributed by atoms with van der Waals surface area (Å²) in [4.78, 5) is 9.03. The second kappa shape index (κ2) is 5.58. The second-order valence-corrected chi connectivity index (χ2v) is 6.31. The quantitative estimate of drug-likeness (QED) is 0.795. The van der Waals surface area contributed by atoms with Crippen molar-refractivity contribution in [2.75, 3.05) is 0 Å². The van der Waals surface area contributed by atoms with Gasteiger partial charge in [0, 0.05) is 46.9 Å².